The van der Waals surface area contributed by atoms with Crippen LogP contribution in [0, 0.1) is 13.8 Å². The molecule has 0 saturated carbocycles. The average Bonchev–Trinajstić information content (AvgIpc) is 2.75. The second-order valence-electron chi connectivity index (χ2n) is 6.96. The maximum Gasteiger partial charge on any atom is 0.329 e. The van der Waals surface area contributed by atoms with Crippen molar-refractivity contribution in [1.82, 2.24) is 5.43 Å². The van der Waals surface area contributed by atoms with Crippen LogP contribution in [0.15, 0.2) is 76.3 Å². The van der Waals surface area contributed by atoms with Crippen LogP contribution in [-0.4, -0.2) is 18.0 Å². The molecule has 0 atom stereocenters. The van der Waals surface area contributed by atoms with Gasteiger partial charge in [-0.15, -0.1) is 0 Å². The first-order chi connectivity index (χ1) is 14.9. The van der Waals surface area contributed by atoms with Gasteiger partial charge in [0, 0.05) is 10.2 Å². The van der Waals surface area contributed by atoms with Crippen molar-refractivity contribution in [3.63, 3.8) is 0 Å². The summed E-state index contributed by atoms with van der Waals surface area (Å²) in [6, 6.07) is 20.8. The third-order valence-electron chi connectivity index (χ3n) is 4.41. The molecular formula is C24H22BrN3O3. The molecule has 3 aromatic carbocycles. The van der Waals surface area contributed by atoms with Crippen molar-refractivity contribution >= 4 is 39.6 Å². The summed E-state index contributed by atoms with van der Waals surface area (Å²) < 4.78 is 6.70. The molecule has 6 nitrogen and oxygen atoms in total. The molecular weight excluding hydrogens is 458 g/mol. The quantitative estimate of drug-likeness (QED) is 0.304. The maximum atomic E-state index is 12.1. The number of nitrogens with zero attached hydrogens (tertiary/aromatic N) is 1. The van der Waals surface area contributed by atoms with Gasteiger partial charge in [0.05, 0.1) is 6.21 Å². The largest absolute Gasteiger partial charge is 0.489 e. The molecule has 7 heteroatoms. The van der Waals surface area contributed by atoms with Crippen molar-refractivity contribution in [3.05, 3.63) is 93.5 Å². The lowest BCUT2D eigenvalue weighted by atomic mass is 10.2. The Hall–Kier alpha value is -3.45. The van der Waals surface area contributed by atoms with E-state index >= 15 is 0 Å². The van der Waals surface area contributed by atoms with E-state index in [9.17, 15) is 9.59 Å². The number of rotatable bonds is 6. The second kappa shape index (κ2) is 10.5. The maximum absolute atomic E-state index is 12.1. The van der Waals surface area contributed by atoms with Gasteiger partial charge in [0.25, 0.3) is 0 Å². The second-order valence-corrected chi connectivity index (χ2v) is 7.87. The molecule has 0 spiro atoms. The van der Waals surface area contributed by atoms with Gasteiger partial charge in [0.15, 0.2) is 0 Å². The van der Waals surface area contributed by atoms with Gasteiger partial charge in [-0.2, -0.15) is 5.10 Å². The Labute approximate surface area is 189 Å². The summed E-state index contributed by atoms with van der Waals surface area (Å²) in [5.41, 5.74) is 6.63. The minimum absolute atomic E-state index is 0.452. The molecule has 0 aliphatic heterocycles. The van der Waals surface area contributed by atoms with Gasteiger partial charge >= 0.3 is 11.8 Å². The van der Waals surface area contributed by atoms with Crippen LogP contribution in [0.5, 0.6) is 5.75 Å². The van der Waals surface area contributed by atoms with E-state index in [0.717, 1.165) is 21.2 Å². The standard InChI is InChI=1S/C24H22BrN3O3/c1-16-6-8-18(9-7-16)15-31-21-5-3-4-19(13-21)14-26-28-24(30)23(29)27-22-11-10-20(25)12-17(22)2/h3-14H,15H2,1-2H3,(H,27,29)(H,28,30)/b26-14+. The van der Waals surface area contributed by atoms with Crippen molar-refractivity contribution < 1.29 is 14.3 Å². The van der Waals surface area contributed by atoms with Crippen LogP contribution in [-0.2, 0) is 16.2 Å². The summed E-state index contributed by atoms with van der Waals surface area (Å²) in [5, 5.41) is 6.43. The number of hydrazone groups is 1. The van der Waals surface area contributed by atoms with Gasteiger partial charge in [-0.25, -0.2) is 5.43 Å². The smallest absolute Gasteiger partial charge is 0.329 e. The number of hydrogen-bond donors (Lipinski definition) is 2. The van der Waals surface area contributed by atoms with Gasteiger partial charge in [0.2, 0.25) is 0 Å². The Bertz CT molecular complexity index is 1110. The Morgan fingerprint density at radius 1 is 1.00 bits per heavy atom. The number of amides is 2. The molecule has 158 valence electrons. The van der Waals surface area contributed by atoms with Crippen LogP contribution in [0.3, 0.4) is 0 Å². The summed E-state index contributed by atoms with van der Waals surface area (Å²) in [6.07, 6.45) is 1.45. The molecule has 0 saturated heterocycles. The molecule has 0 fully saturated rings. The van der Waals surface area contributed by atoms with Crippen molar-refractivity contribution in [2.24, 2.45) is 5.10 Å². The zero-order valence-electron chi connectivity index (χ0n) is 17.2. The minimum atomic E-state index is -0.856. The third-order valence-corrected chi connectivity index (χ3v) is 4.90. The Morgan fingerprint density at radius 2 is 1.77 bits per heavy atom. The molecule has 0 bridgehead atoms. The summed E-state index contributed by atoms with van der Waals surface area (Å²) in [7, 11) is 0. The molecule has 31 heavy (non-hydrogen) atoms. The predicted octanol–water partition coefficient (Wildman–Crippen LogP) is 4.73. The van der Waals surface area contributed by atoms with Crippen molar-refractivity contribution in [2.75, 3.05) is 5.32 Å². The van der Waals surface area contributed by atoms with Gasteiger partial charge < -0.3 is 10.1 Å². The fourth-order valence-corrected chi connectivity index (χ4v) is 3.17. The number of hydrogen-bond acceptors (Lipinski definition) is 4. The third kappa shape index (κ3) is 6.79. The van der Waals surface area contributed by atoms with E-state index in [4.69, 9.17) is 4.74 Å². The minimum Gasteiger partial charge on any atom is -0.489 e. The molecule has 0 aliphatic carbocycles. The lowest BCUT2D eigenvalue weighted by molar-refractivity contribution is -0.136. The van der Waals surface area contributed by atoms with Crippen LogP contribution in [0.4, 0.5) is 5.69 Å². The van der Waals surface area contributed by atoms with Crippen molar-refractivity contribution in [2.45, 2.75) is 20.5 Å². The summed E-state index contributed by atoms with van der Waals surface area (Å²) in [5.74, 6) is -0.970. The number of carbonyl (C=O) groups is 2. The Morgan fingerprint density at radius 3 is 2.52 bits per heavy atom. The number of carbonyl (C=O) groups excluding carboxylic acids is 2. The highest BCUT2D eigenvalue weighted by molar-refractivity contribution is 9.10. The highest BCUT2D eigenvalue weighted by atomic mass is 79.9. The van der Waals surface area contributed by atoms with Crippen LogP contribution < -0.4 is 15.5 Å². The van der Waals surface area contributed by atoms with E-state index < -0.39 is 11.8 Å². The molecule has 3 rings (SSSR count). The van der Waals surface area contributed by atoms with E-state index in [1.54, 1.807) is 18.2 Å². The molecule has 0 heterocycles. The SMILES string of the molecule is Cc1ccc(COc2cccc(/C=N/NC(=O)C(=O)Nc3ccc(Br)cc3C)c2)cc1. The fourth-order valence-electron chi connectivity index (χ4n) is 2.70. The Kier molecular flexibility index (Phi) is 7.56. The van der Waals surface area contributed by atoms with E-state index in [0.29, 0.717) is 18.0 Å². The van der Waals surface area contributed by atoms with E-state index in [1.807, 2.05) is 62.4 Å². The van der Waals surface area contributed by atoms with E-state index in [2.05, 4.69) is 31.8 Å². The zero-order chi connectivity index (χ0) is 22.2. The van der Waals surface area contributed by atoms with Crippen LogP contribution in [0.1, 0.15) is 22.3 Å². The number of halogens is 1. The monoisotopic (exact) mass is 479 g/mol. The summed E-state index contributed by atoms with van der Waals surface area (Å²) >= 11 is 3.36. The van der Waals surface area contributed by atoms with Crippen LogP contribution in [0.2, 0.25) is 0 Å². The molecule has 3 aromatic rings. The zero-order valence-corrected chi connectivity index (χ0v) is 18.8. The molecule has 0 aromatic heterocycles. The highest BCUT2D eigenvalue weighted by Crippen LogP contribution is 2.20. The molecule has 0 aliphatic rings. The lowest BCUT2D eigenvalue weighted by Crippen LogP contribution is -2.32. The average molecular weight is 480 g/mol. The first-order valence-corrected chi connectivity index (χ1v) is 10.4. The molecule has 2 N–H and O–H groups in total. The van der Waals surface area contributed by atoms with Crippen molar-refractivity contribution in [3.8, 4) is 5.75 Å². The predicted molar refractivity (Wildman–Crippen MR) is 125 cm³/mol. The van der Waals surface area contributed by atoms with Gasteiger partial charge in [-0.1, -0.05) is 57.9 Å². The normalized spacial score (nSPS) is 10.7. The number of ether oxygens (including phenoxy) is 1. The summed E-state index contributed by atoms with van der Waals surface area (Å²) in [6.45, 7) is 4.33. The van der Waals surface area contributed by atoms with E-state index in [1.165, 1.54) is 11.8 Å². The van der Waals surface area contributed by atoms with E-state index in [-0.39, 0.29) is 0 Å². The number of aryl methyl sites for hydroxylation is 2. The lowest BCUT2D eigenvalue weighted by Gasteiger charge is -2.08. The van der Waals surface area contributed by atoms with Crippen LogP contribution >= 0.6 is 15.9 Å². The van der Waals surface area contributed by atoms with Crippen molar-refractivity contribution in [1.29, 1.82) is 0 Å². The van der Waals surface area contributed by atoms with Gasteiger partial charge in [-0.05, 0) is 60.9 Å². The fraction of sp³-hybridized carbons (Fsp3) is 0.125. The number of nitrogens with one attached hydrogen (secondary N) is 2. The van der Waals surface area contributed by atoms with Gasteiger partial charge in [-0.3, -0.25) is 9.59 Å². The number of anilines is 1. The number of benzene rings is 3. The molecule has 0 radical (unpaired) electrons. The Balaban J connectivity index is 1.52. The highest BCUT2D eigenvalue weighted by Gasteiger charge is 2.14. The molecule has 0 unspecified atom stereocenters. The molecule has 2 amide bonds. The first-order valence-electron chi connectivity index (χ1n) is 9.59. The summed E-state index contributed by atoms with van der Waals surface area (Å²) in [4.78, 5) is 24.1. The first kappa shape index (κ1) is 22.2. The van der Waals surface area contributed by atoms with Gasteiger partial charge in [0.1, 0.15) is 12.4 Å². The topological polar surface area (TPSA) is 79.8 Å². The van der Waals surface area contributed by atoms with Crippen LogP contribution in [0.25, 0.3) is 0 Å².